The summed E-state index contributed by atoms with van der Waals surface area (Å²) in [6, 6.07) is 0. The van der Waals surface area contributed by atoms with Gasteiger partial charge in [0, 0.05) is 12.8 Å². The molecule has 0 atom stereocenters. The maximum Gasteiger partial charge on any atom is 0.120 e. The minimum Gasteiger partial charge on any atom is -0.364 e. The van der Waals surface area contributed by atoms with E-state index in [-0.39, 0.29) is 5.41 Å². The quantitative estimate of drug-likeness (QED) is 0.305. The third-order valence-electron chi connectivity index (χ3n) is 1.76. The zero-order chi connectivity index (χ0) is 13.0. The molecule has 0 fully saturated rings. The number of carbonyl (C=O) groups excluding carboxylic acids is 1. The van der Waals surface area contributed by atoms with Crippen LogP contribution in [0, 0.1) is 17.3 Å². The van der Waals surface area contributed by atoms with Crippen molar-refractivity contribution < 1.29 is 9.53 Å². The standard InChI is InChI=1S/C15H22O2/c1-15(2,3)11-7-10-14-17-13-9-6-4-5-8-12-16/h10-12H,4-5,8,13-14H2,1-3H3. The number of unbranched alkanes of at least 4 members (excludes halogenated alkanes) is 2. The Morgan fingerprint density at radius 2 is 2.00 bits per heavy atom. The molecular weight excluding hydrogens is 212 g/mol. The predicted molar refractivity (Wildman–Crippen MR) is 70.6 cm³/mol. The molecule has 0 aliphatic carbocycles. The summed E-state index contributed by atoms with van der Waals surface area (Å²) in [5.74, 6) is 5.86. The summed E-state index contributed by atoms with van der Waals surface area (Å²) < 4.78 is 5.27. The van der Waals surface area contributed by atoms with Crippen LogP contribution in [0.15, 0.2) is 17.9 Å². The third-order valence-corrected chi connectivity index (χ3v) is 1.76. The predicted octanol–water partition coefficient (Wildman–Crippen LogP) is 3.13. The van der Waals surface area contributed by atoms with Gasteiger partial charge in [-0.15, -0.1) is 11.7 Å². The van der Waals surface area contributed by atoms with Gasteiger partial charge in [0.05, 0.1) is 6.61 Å². The van der Waals surface area contributed by atoms with Crippen LogP contribution in [0.25, 0.3) is 0 Å². The van der Waals surface area contributed by atoms with Crippen LogP contribution in [0.1, 0.15) is 40.0 Å². The summed E-state index contributed by atoms with van der Waals surface area (Å²) in [4.78, 5) is 10.0. The van der Waals surface area contributed by atoms with Gasteiger partial charge in [-0.2, -0.15) is 0 Å². The maximum atomic E-state index is 10.0. The van der Waals surface area contributed by atoms with E-state index in [4.69, 9.17) is 4.74 Å². The molecule has 2 nitrogen and oxygen atoms in total. The fraction of sp³-hybridized carbons (Fsp3) is 0.600. The normalized spacial score (nSPS) is 9.82. The van der Waals surface area contributed by atoms with E-state index in [1.165, 1.54) is 0 Å². The fourth-order valence-corrected chi connectivity index (χ4v) is 0.939. The highest BCUT2D eigenvalue weighted by Crippen LogP contribution is 2.12. The lowest BCUT2D eigenvalue weighted by atomic mass is 9.97. The second-order valence-corrected chi connectivity index (χ2v) is 4.81. The van der Waals surface area contributed by atoms with Crippen molar-refractivity contribution in [2.24, 2.45) is 5.41 Å². The molecule has 2 heteroatoms. The Labute approximate surface area is 105 Å². The van der Waals surface area contributed by atoms with Gasteiger partial charge in [0.15, 0.2) is 0 Å². The minimum atomic E-state index is 0.162. The molecule has 0 aliphatic rings. The Kier molecular flexibility index (Phi) is 9.15. The Bertz CT molecular complexity index is 317. The molecule has 0 unspecified atom stereocenters. The van der Waals surface area contributed by atoms with Gasteiger partial charge in [-0.05, 0) is 24.0 Å². The van der Waals surface area contributed by atoms with Gasteiger partial charge in [-0.1, -0.05) is 26.7 Å². The Morgan fingerprint density at radius 3 is 2.65 bits per heavy atom. The number of rotatable bonds is 6. The lowest BCUT2D eigenvalue weighted by molar-refractivity contribution is -0.107. The van der Waals surface area contributed by atoms with E-state index < -0.39 is 0 Å². The number of carbonyl (C=O) groups is 1. The number of ether oxygens (including phenoxy) is 1. The highest BCUT2D eigenvalue weighted by atomic mass is 16.5. The molecular formula is C15H22O2. The molecule has 0 radical (unpaired) electrons. The Balaban J connectivity index is 3.52. The van der Waals surface area contributed by atoms with Gasteiger partial charge >= 0.3 is 0 Å². The zero-order valence-corrected chi connectivity index (χ0v) is 11.1. The summed E-state index contributed by atoms with van der Waals surface area (Å²) in [7, 11) is 0. The molecule has 0 saturated heterocycles. The average Bonchev–Trinajstić information content (AvgIpc) is 2.24. The van der Waals surface area contributed by atoms with Crippen molar-refractivity contribution in [3.63, 3.8) is 0 Å². The van der Waals surface area contributed by atoms with Crippen LogP contribution in [0.2, 0.25) is 0 Å². The van der Waals surface area contributed by atoms with Gasteiger partial charge in [0.25, 0.3) is 0 Å². The molecule has 0 heterocycles. The van der Waals surface area contributed by atoms with Gasteiger partial charge in [0.1, 0.15) is 12.9 Å². The molecule has 0 amide bonds. The lowest BCUT2D eigenvalue weighted by Crippen LogP contribution is -1.97. The molecule has 94 valence electrons. The van der Waals surface area contributed by atoms with E-state index in [2.05, 4.69) is 38.3 Å². The maximum absolute atomic E-state index is 10.0. The monoisotopic (exact) mass is 234 g/mol. The summed E-state index contributed by atoms with van der Waals surface area (Å²) in [5, 5.41) is 0. The van der Waals surface area contributed by atoms with E-state index in [0.29, 0.717) is 19.6 Å². The number of hydrogen-bond acceptors (Lipinski definition) is 2. The van der Waals surface area contributed by atoms with E-state index in [1.54, 1.807) is 0 Å². The first kappa shape index (κ1) is 15.7. The summed E-state index contributed by atoms with van der Waals surface area (Å²) in [6.07, 6.45) is 6.99. The highest BCUT2D eigenvalue weighted by molar-refractivity contribution is 5.49. The number of hydrogen-bond donors (Lipinski definition) is 0. The molecule has 0 aromatic rings. The second kappa shape index (κ2) is 9.90. The molecule has 17 heavy (non-hydrogen) atoms. The molecule has 0 aromatic heterocycles. The van der Waals surface area contributed by atoms with Crippen molar-refractivity contribution >= 4 is 6.29 Å². The molecule has 0 bridgehead atoms. The van der Waals surface area contributed by atoms with E-state index in [0.717, 1.165) is 19.1 Å². The largest absolute Gasteiger partial charge is 0.364 e. The van der Waals surface area contributed by atoms with E-state index in [1.807, 2.05) is 12.2 Å². The zero-order valence-electron chi connectivity index (χ0n) is 11.1. The Hall–Kier alpha value is -1.29. The second-order valence-electron chi connectivity index (χ2n) is 4.81. The van der Waals surface area contributed by atoms with Crippen molar-refractivity contribution in [2.75, 3.05) is 13.2 Å². The summed E-state index contributed by atoms with van der Waals surface area (Å²) in [6.45, 7) is 7.35. The summed E-state index contributed by atoms with van der Waals surface area (Å²) in [5.41, 5.74) is 3.24. The van der Waals surface area contributed by atoms with Crippen LogP contribution in [0.3, 0.4) is 0 Å². The van der Waals surface area contributed by atoms with Crippen molar-refractivity contribution in [1.82, 2.24) is 0 Å². The first-order chi connectivity index (χ1) is 8.06. The van der Waals surface area contributed by atoms with Crippen LogP contribution in [0.4, 0.5) is 0 Å². The first-order valence-corrected chi connectivity index (χ1v) is 5.95. The van der Waals surface area contributed by atoms with Crippen molar-refractivity contribution in [1.29, 1.82) is 0 Å². The van der Waals surface area contributed by atoms with Crippen LogP contribution in [-0.4, -0.2) is 19.5 Å². The molecule has 0 aliphatic heterocycles. The van der Waals surface area contributed by atoms with Crippen LogP contribution in [-0.2, 0) is 9.53 Å². The van der Waals surface area contributed by atoms with Crippen LogP contribution in [0.5, 0.6) is 0 Å². The topological polar surface area (TPSA) is 26.3 Å². The first-order valence-electron chi connectivity index (χ1n) is 5.95. The lowest BCUT2D eigenvalue weighted by Gasteiger charge is -2.08. The SMILES string of the molecule is CC(C)(C)C=C=CCOCC#CCCCC=O. The minimum absolute atomic E-state index is 0.162. The van der Waals surface area contributed by atoms with Gasteiger partial charge in [-0.3, -0.25) is 0 Å². The van der Waals surface area contributed by atoms with E-state index >= 15 is 0 Å². The fourth-order valence-electron chi connectivity index (χ4n) is 0.939. The molecule has 0 N–H and O–H groups in total. The highest BCUT2D eigenvalue weighted by Gasteiger charge is 2.01. The third kappa shape index (κ3) is 14.7. The van der Waals surface area contributed by atoms with Gasteiger partial charge in [0.2, 0.25) is 0 Å². The van der Waals surface area contributed by atoms with Crippen LogP contribution < -0.4 is 0 Å². The molecule has 0 aromatic carbocycles. The van der Waals surface area contributed by atoms with Crippen LogP contribution >= 0.6 is 0 Å². The van der Waals surface area contributed by atoms with Crippen molar-refractivity contribution in [2.45, 2.75) is 40.0 Å². The van der Waals surface area contributed by atoms with E-state index in [9.17, 15) is 4.79 Å². The molecule has 0 spiro atoms. The Morgan fingerprint density at radius 1 is 1.24 bits per heavy atom. The molecule has 0 saturated carbocycles. The van der Waals surface area contributed by atoms with Gasteiger partial charge < -0.3 is 9.53 Å². The van der Waals surface area contributed by atoms with Gasteiger partial charge in [-0.25, -0.2) is 0 Å². The van der Waals surface area contributed by atoms with Crippen molar-refractivity contribution in [3.05, 3.63) is 17.9 Å². The smallest absolute Gasteiger partial charge is 0.120 e. The van der Waals surface area contributed by atoms with Crippen molar-refractivity contribution in [3.8, 4) is 11.8 Å². The molecule has 0 rings (SSSR count). The average molecular weight is 234 g/mol. The summed E-state index contributed by atoms with van der Waals surface area (Å²) >= 11 is 0. The number of aldehydes is 1.